The molecule has 1 aromatic heterocycles. The van der Waals surface area contributed by atoms with Gasteiger partial charge in [0, 0.05) is 17.0 Å². The van der Waals surface area contributed by atoms with E-state index in [0.29, 0.717) is 17.1 Å². The van der Waals surface area contributed by atoms with Gasteiger partial charge in [-0.1, -0.05) is 66.4 Å². The Hall–Kier alpha value is -2.38. The van der Waals surface area contributed by atoms with Crippen molar-refractivity contribution in [2.75, 3.05) is 12.0 Å². The number of carboxylic acid groups (broad SMARTS) is 1. The summed E-state index contributed by atoms with van der Waals surface area (Å²) < 4.78 is 5.74. The molecule has 4 rings (SSSR count). The highest BCUT2D eigenvalue weighted by Crippen LogP contribution is 2.41. The SMILES string of the molecule is COC1CCCCC1N(C(=O)c1ccc(Cl)cc1Cl)c1cc(-c2ccccc2)sc1C(=O)O. The van der Waals surface area contributed by atoms with Crippen LogP contribution in [0.15, 0.2) is 54.6 Å². The Labute approximate surface area is 206 Å². The minimum Gasteiger partial charge on any atom is -0.477 e. The maximum atomic E-state index is 13.9. The Morgan fingerprint density at radius 1 is 1.06 bits per heavy atom. The van der Waals surface area contributed by atoms with Crippen molar-refractivity contribution in [3.05, 3.63) is 75.1 Å². The second-order valence-electron chi connectivity index (χ2n) is 7.92. The zero-order chi connectivity index (χ0) is 23.5. The summed E-state index contributed by atoms with van der Waals surface area (Å²) in [6.07, 6.45) is 3.18. The van der Waals surface area contributed by atoms with Gasteiger partial charge in [0.15, 0.2) is 0 Å². The lowest BCUT2D eigenvalue weighted by Crippen LogP contribution is -2.50. The lowest BCUT2D eigenvalue weighted by atomic mass is 9.90. The first-order chi connectivity index (χ1) is 15.9. The third-order valence-corrected chi connectivity index (χ3v) is 7.62. The number of hydrogen-bond donors (Lipinski definition) is 1. The van der Waals surface area contributed by atoms with Gasteiger partial charge in [-0.05, 0) is 42.7 Å². The number of ether oxygens (including phenoxy) is 1. The summed E-state index contributed by atoms with van der Waals surface area (Å²) in [5.74, 6) is -1.45. The van der Waals surface area contributed by atoms with Gasteiger partial charge in [-0.2, -0.15) is 0 Å². The monoisotopic (exact) mass is 503 g/mol. The van der Waals surface area contributed by atoms with E-state index in [9.17, 15) is 14.7 Å². The third kappa shape index (κ3) is 4.94. The summed E-state index contributed by atoms with van der Waals surface area (Å²) in [6.45, 7) is 0. The number of methoxy groups -OCH3 is 1. The normalized spacial score (nSPS) is 18.2. The van der Waals surface area contributed by atoms with Crippen molar-refractivity contribution < 1.29 is 19.4 Å². The van der Waals surface area contributed by atoms with Crippen LogP contribution in [0, 0.1) is 0 Å². The van der Waals surface area contributed by atoms with Gasteiger partial charge in [0.05, 0.1) is 28.4 Å². The second kappa shape index (κ2) is 10.3. The summed E-state index contributed by atoms with van der Waals surface area (Å²) in [4.78, 5) is 28.6. The predicted octanol–water partition coefficient (Wildman–Crippen LogP) is 7.02. The van der Waals surface area contributed by atoms with E-state index in [0.717, 1.165) is 41.0 Å². The summed E-state index contributed by atoms with van der Waals surface area (Å²) >= 11 is 13.6. The molecule has 1 saturated carbocycles. The van der Waals surface area contributed by atoms with Crippen LogP contribution in [0.5, 0.6) is 0 Å². The van der Waals surface area contributed by atoms with Gasteiger partial charge in [-0.25, -0.2) is 4.79 Å². The molecule has 2 atom stereocenters. The molecule has 1 aliphatic carbocycles. The van der Waals surface area contributed by atoms with E-state index in [4.69, 9.17) is 27.9 Å². The fourth-order valence-electron chi connectivity index (χ4n) is 4.34. The standard InChI is InChI=1S/C25H23Cl2NO4S/c1-32-21-10-6-5-9-19(21)28(24(29)17-12-11-16(26)13-18(17)27)20-14-22(33-23(20)25(30)31)15-7-3-2-4-8-15/h2-4,7-8,11-14,19,21H,5-6,9-10H2,1H3,(H,30,31). The number of aromatic carboxylic acids is 1. The average molecular weight is 504 g/mol. The van der Waals surface area contributed by atoms with Crippen LogP contribution in [0.1, 0.15) is 45.7 Å². The number of benzene rings is 2. The van der Waals surface area contributed by atoms with Crippen molar-refractivity contribution in [2.45, 2.75) is 37.8 Å². The van der Waals surface area contributed by atoms with Crippen LogP contribution in [0.3, 0.4) is 0 Å². The molecule has 1 aliphatic rings. The number of nitrogens with zero attached hydrogens (tertiary/aromatic N) is 1. The van der Waals surface area contributed by atoms with Crippen molar-refractivity contribution in [3.8, 4) is 10.4 Å². The highest BCUT2D eigenvalue weighted by molar-refractivity contribution is 7.18. The van der Waals surface area contributed by atoms with Gasteiger partial charge in [-0.3, -0.25) is 4.79 Å². The first-order valence-electron chi connectivity index (χ1n) is 10.6. The van der Waals surface area contributed by atoms with E-state index in [1.807, 2.05) is 30.3 Å². The minimum absolute atomic E-state index is 0.104. The molecule has 1 amide bonds. The van der Waals surface area contributed by atoms with Crippen molar-refractivity contribution >= 4 is 52.1 Å². The van der Waals surface area contributed by atoms with Crippen LogP contribution in [0.4, 0.5) is 5.69 Å². The number of thiophene rings is 1. The lowest BCUT2D eigenvalue weighted by molar-refractivity contribution is 0.0485. The molecule has 0 bridgehead atoms. The van der Waals surface area contributed by atoms with Gasteiger partial charge in [0.2, 0.25) is 0 Å². The fraction of sp³-hybridized carbons (Fsp3) is 0.280. The topological polar surface area (TPSA) is 66.8 Å². The molecule has 3 aromatic rings. The van der Waals surface area contributed by atoms with E-state index in [2.05, 4.69) is 0 Å². The second-order valence-corrected chi connectivity index (χ2v) is 9.82. The third-order valence-electron chi connectivity index (χ3n) is 5.91. The molecular formula is C25H23Cl2NO4S. The molecule has 172 valence electrons. The summed E-state index contributed by atoms with van der Waals surface area (Å²) in [6, 6.07) is 15.7. The Bertz CT molecular complexity index is 1160. The van der Waals surface area contributed by atoms with E-state index >= 15 is 0 Å². The zero-order valence-corrected chi connectivity index (χ0v) is 20.3. The molecule has 1 heterocycles. The quantitative estimate of drug-likeness (QED) is 0.392. The highest BCUT2D eigenvalue weighted by atomic mass is 35.5. The number of hydrogen-bond acceptors (Lipinski definition) is 4. The molecule has 1 fully saturated rings. The largest absolute Gasteiger partial charge is 0.477 e. The molecular weight excluding hydrogens is 481 g/mol. The Morgan fingerprint density at radius 2 is 1.79 bits per heavy atom. The number of carbonyl (C=O) groups is 2. The number of rotatable bonds is 6. The van der Waals surface area contributed by atoms with Gasteiger partial charge < -0.3 is 14.7 Å². The molecule has 0 aliphatic heterocycles. The molecule has 5 nitrogen and oxygen atoms in total. The van der Waals surface area contributed by atoms with E-state index in [-0.39, 0.29) is 33.5 Å². The summed E-state index contributed by atoms with van der Waals surface area (Å²) in [5, 5.41) is 10.7. The predicted molar refractivity (Wildman–Crippen MR) is 133 cm³/mol. The molecule has 2 aromatic carbocycles. The van der Waals surface area contributed by atoms with Gasteiger partial charge in [-0.15, -0.1) is 11.3 Å². The van der Waals surface area contributed by atoms with Gasteiger partial charge in [0.25, 0.3) is 5.91 Å². The van der Waals surface area contributed by atoms with Crippen molar-refractivity contribution in [2.24, 2.45) is 0 Å². The zero-order valence-electron chi connectivity index (χ0n) is 18.0. The number of amides is 1. The molecule has 8 heteroatoms. The molecule has 1 N–H and O–H groups in total. The fourth-order valence-corrected chi connectivity index (χ4v) is 5.82. The van der Waals surface area contributed by atoms with Crippen LogP contribution in [-0.2, 0) is 4.74 Å². The van der Waals surface area contributed by atoms with Crippen LogP contribution >= 0.6 is 34.5 Å². The number of halogens is 2. The van der Waals surface area contributed by atoms with Crippen LogP contribution < -0.4 is 4.90 Å². The molecule has 0 spiro atoms. The maximum Gasteiger partial charge on any atom is 0.348 e. The number of carbonyl (C=O) groups excluding carboxylic acids is 1. The van der Waals surface area contributed by atoms with E-state index in [1.54, 1.807) is 30.2 Å². The minimum atomic E-state index is -1.08. The Morgan fingerprint density at radius 3 is 2.45 bits per heavy atom. The molecule has 2 unspecified atom stereocenters. The van der Waals surface area contributed by atoms with Crippen LogP contribution in [-0.4, -0.2) is 36.2 Å². The molecule has 33 heavy (non-hydrogen) atoms. The maximum absolute atomic E-state index is 13.9. The molecule has 0 radical (unpaired) electrons. The van der Waals surface area contributed by atoms with Gasteiger partial charge >= 0.3 is 5.97 Å². The van der Waals surface area contributed by atoms with E-state index in [1.165, 1.54) is 6.07 Å². The first kappa shape index (κ1) is 23.8. The van der Waals surface area contributed by atoms with Crippen LogP contribution in [0.2, 0.25) is 10.0 Å². The first-order valence-corrected chi connectivity index (χ1v) is 12.2. The summed E-state index contributed by atoms with van der Waals surface area (Å²) in [7, 11) is 1.63. The van der Waals surface area contributed by atoms with Crippen molar-refractivity contribution in [1.29, 1.82) is 0 Å². The lowest BCUT2D eigenvalue weighted by Gasteiger charge is -2.39. The van der Waals surface area contributed by atoms with Crippen molar-refractivity contribution in [1.82, 2.24) is 0 Å². The Balaban J connectivity index is 1.88. The van der Waals surface area contributed by atoms with E-state index < -0.39 is 5.97 Å². The highest BCUT2D eigenvalue weighted by Gasteiger charge is 2.38. The number of carboxylic acids is 1. The van der Waals surface area contributed by atoms with Crippen LogP contribution in [0.25, 0.3) is 10.4 Å². The van der Waals surface area contributed by atoms with Crippen molar-refractivity contribution in [3.63, 3.8) is 0 Å². The average Bonchev–Trinajstić information content (AvgIpc) is 3.25. The molecule has 0 saturated heterocycles. The smallest absolute Gasteiger partial charge is 0.348 e. The summed E-state index contributed by atoms with van der Waals surface area (Å²) in [5.41, 5.74) is 1.52. The number of anilines is 1. The van der Waals surface area contributed by atoms with Gasteiger partial charge in [0.1, 0.15) is 4.88 Å². The Kier molecular flexibility index (Phi) is 7.39.